The fourth-order valence-corrected chi connectivity index (χ4v) is 2.27. The highest BCUT2D eigenvalue weighted by atomic mass is 35.5. The molecule has 1 N–H and O–H groups in total. The first kappa shape index (κ1) is 18.4. The summed E-state index contributed by atoms with van der Waals surface area (Å²) < 4.78 is 16.1. The van der Waals surface area contributed by atoms with E-state index in [2.05, 4.69) is 5.32 Å². The molecule has 0 aliphatic heterocycles. The van der Waals surface area contributed by atoms with Crippen molar-refractivity contribution >= 4 is 24.0 Å². The highest BCUT2D eigenvalue weighted by Gasteiger charge is 2.20. The minimum atomic E-state index is 0. The van der Waals surface area contributed by atoms with Gasteiger partial charge in [0.25, 0.3) is 0 Å². The van der Waals surface area contributed by atoms with Gasteiger partial charge >= 0.3 is 0 Å². The Morgan fingerprint density at radius 1 is 1.24 bits per heavy atom. The maximum absolute atomic E-state index is 6.25. The van der Waals surface area contributed by atoms with Gasteiger partial charge in [0.05, 0.1) is 18.7 Å². The van der Waals surface area contributed by atoms with Gasteiger partial charge in [-0.3, -0.25) is 0 Å². The first-order chi connectivity index (χ1) is 9.74. The van der Waals surface area contributed by atoms with Crippen LogP contribution in [-0.2, 0) is 11.3 Å². The predicted octanol–water partition coefficient (Wildman–Crippen LogP) is 3.44. The molecule has 0 spiro atoms. The zero-order valence-corrected chi connectivity index (χ0v) is 14.1. The number of hydrogen-bond donors (Lipinski definition) is 1. The summed E-state index contributed by atoms with van der Waals surface area (Å²) in [6.45, 7) is 2.07. The van der Waals surface area contributed by atoms with Gasteiger partial charge in [-0.25, -0.2) is 0 Å². The van der Waals surface area contributed by atoms with Gasteiger partial charge in [-0.2, -0.15) is 0 Å². The van der Waals surface area contributed by atoms with Crippen LogP contribution in [0.5, 0.6) is 11.5 Å². The van der Waals surface area contributed by atoms with E-state index in [1.54, 1.807) is 14.2 Å². The van der Waals surface area contributed by atoms with E-state index < -0.39 is 0 Å². The Morgan fingerprint density at radius 2 is 2.00 bits per heavy atom. The first-order valence-electron chi connectivity index (χ1n) is 6.96. The molecule has 1 aliphatic carbocycles. The average molecular weight is 336 g/mol. The molecule has 0 unspecified atom stereocenters. The van der Waals surface area contributed by atoms with Gasteiger partial charge in [-0.1, -0.05) is 11.6 Å². The summed E-state index contributed by atoms with van der Waals surface area (Å²) in [7, 11) is 3.28. The lowest BCUT2D eigenvalue weighted by molar-refractivity contribution is 0.170. The summed E-state index contributed by atoms with van der Waals surface area (Å²) in [6, 6.07) is 4.59. The minimum absolute atomic E-state index is 0. The van der Waals surface area contributed by atoms with Crippen LogP contribution in [0.1, 0.15) is 24.8 Å². The Labute approximate surface area is 137 Å². The second-order valence-corrected chi connectivity index (χ2v) is 5.37. The molecule has 0 amide bonds. The van der Waals surface area contributed by atoms with Crippen molar-refractivity contribution in [3.8, 4) is 11.5 Å². The van der Waals surface area contributed by atoms with E-state index in [0.29, 0.717) is 35.8 Å². The van der Waals surface area contributed by atoms with Crippen molar-refractivity contribution < 1.29 is 14.2 Å². The lowest BCUT2D eigenvalue weighted by Gasteiger charge is -2.14. The molecular weight excluding hydrogens is 313 g/mol. The summed E-state index contributed by atoms with van der Waals surface area (Å²) in [4.78, 5) is 0. The molecule has 1 saturated carbocycles. The third kappa shape index (κ3) is 5.91. The Balaban J connectivity index is 0.00000220. The minimum Gasteiger partial charge on any atom is -0.491 e. The van der Waals surface area contributed by atoms with E-state index >= 15 is 0 Å². The van der Waals surface area contributed by atoms with Gasteiger partial charge in [0.2, 0.25) is 0 Å². The smallest absolute Gasteiger partial charge is 0.179 e. The number of rotatable bonds is 9. The number of nitrogens with one attached hydrogen (secondary N) is 1. The largest absolute Gasteiger partial charge is 0.491 e. The normalized spacial score (nSPS) is 13.7. The van der Waals surface area contributed by atoms with Crippen molar-refractivity contribution in [2.24, 2.45) is 0 Å². The molecule has 1 fully saturated rings. The van der Waals surface area contributed by atoms with Crippen molar-refractivity contribution in [3.05, 3.63) is 22.7 Å². The van der Waals surface area contributed by atoms with Crippen molar-refractivity contribution in [3.63, 3.8) is 0 Å². The van der Waals surface area contributed by atoms with Gasteiger partial charge in [0.15, 0.2) is 11.5 Å². The zero-order chi connectivity index (χ0) is 14.4. The Kier molecular flexibility index (Phi) is 8.19. The Hall–Kier alpha value is -0.680. The van der Waals surface area contributed by atoms with Crippen molar-refractivity contribution in [2.75, 3.05) is 27.4 Å². The van der Waals surface area contributed by atoms with Crippen LogP contribution in [-0.4, -0.2) is 33.5 Å². The van der Waals surface area contributed by atoms with E-state index in [-0.39, 0.29) is 12.4 Å². The van der Waals surface area contributed by atoms with Crippen LogP contribution in [0.15, 0.2) is 12.1 Å². The Morgan fingerprint density at radius 3 is 2.62 bits per heavy atom. The third-order valence-corrected chi connectivity index (χ3v) is 3.48. The van der Waals surface area contributed by atoms with E-state index in [0.717, 1.165) is 18.5 Å². The van der Waals surface area contributed by atoms with Gasteiger partial charge < -0.3 is 19.5 Å². The number of hydrogen-bond acceptors (Lipinski definition) is 4. The number of benzene rings is 1. The molecule has 0 radical (unpaired) electrons. The van der Waals surface area contributed by atoms with Crippen molar-refractivity contribution in [2.45, 2.75) is 31.8 Å². The standard InChI is InChI=1S/C15H22ClNO3.ClH/c1-18-6-3-7-20-14-9-11(10-17-12-4-5-12)8-13(16)15(14)19-2;/h8-9,12,17H,3-7,10H2,1-2H3;1H. The second-order valence-electron chi connectivity index (χ2n) is 4.96. The maximum atomic E-state index is 6.25. The quantitative estimate of drug-likeness (QED) is 0.702. The molecule has 1 aromatic carbocycles. The Bertz CT molecular complexity index is 439. The van der Waals surface area contributed by atoms with E-state index in [1.165, 1.54) is 12.8 Å². The van der Waals surface area contributed by atoms with Crippen LogP contribution in [0.2, 0.25) is 5.02 Å². The maximum Gasteiger partial charge on any atom is 0.179 e. The van der Waals surface area contributed by atoms with Gasteiger partial charge in [-0.05, 0) is 30.5 Å². The predicted molar refractivity (Wildman–Crippen MR) is 87.1 cm³/mol. The average Bonchev–Trinajstić information content (AvgIpc) is 3.25. The molecule has 0 heterocycles. The van der Waals surface area contributed by atoms with Gasteiger partial charge in [0.1, 0.15) is 0 Å². The topological polar surface area (TPSA) is 39.7 Å². The lowest BCUT2D eigenvalue weighted by atomic mass is 10.2. The molecule has 1 aromatic rings. The molecule has 0 bridgehead atoms. The molecule has 2 rings (SSSR count). The molecule has 0 atom stereocenters. The van der Waals surface area contributed by atoms with E-state index in [1.807, 2.05) is 12.1 Å². The summed E-state index contributed by atoms with van der Waals surface area (Å²) in [5.74, 6) is 1.29. The molecular formula is C15H23Cl2NO3. The zero-order valence-electron chi connectivity index (χ0n) is 12.5. The van der Waals surface area contributed by atoms with Gasteiger partial charge in [-0.15, -0.1) is 12.4 Å². The third-order valence-electron chi connectivity index (χ3n) is 3.20. The highest BCUT2D eigenvalue weighted by Crippen LogP contribution is 2.36. The molecule has 21 heavy (non-hydrogen) atoms. The fourth-order valence-electron chi connectivity index (χ4n) is 1.96. The van der Waals surface area contributed by atoms with Crippen LogP contribution in [0.4, 0.5) is 0 Å². The molecule has 6 heteroatoms. The highest BCUT2D eigenvalue weighted by molar-refractivity contribution is 6.32. The van der Waals surface area contributed by atoms with Gasteiger partial charge in [0, 0.05) is 32.7 Å². The van der Waals surface area contributed by atoms with E-state index in [9.17, 15) is 0 Å². The van der Waals surface area contributed by atoms with Crippen LogP contribution in [0, 0.1) is 0 Å². The summed E-state index contributed by atoms with van der Waals surface area (Å²) in [5, 5.41) is 4.05. The molecule has 1 aliphatic rings. The van der Waals surface area contributed by atoms with Crippen molar-refractivity contribution in [1.82, 2.24) is 5.32 Å². The monoisotopic (exact) mass is 335 g/mol. The molecule has 4 nitrogen and oxygen atoms in total. The molecule has 0 saturated heterocycles. The fraction of sp³-hybridized carbons (Fsp3) is 0.600. The number of ether oxygens (including phenoxy) is 3. The van der Waals surface area contributed by atoms with Crippen LogP contribution >= 0.6 is 24.0 Å². The summed E-state index contributed by atoms with van der Waals surface area (Å²) >= 11 is 6.25. The summed E-state index contributed by atoms with van der Waals surface area (Å²) in [6.07, 6.45) is 3.37. The molecule has 0 aromatic heterocycles. The lowest BCUT2D eigenvalue weighted by Crippen LogP contribution is -2.15. The van der Waals surface area contributed by atoms with Crippen molar-refractivity contribution in [1.29, 1.82) is 0 Å². The van der Waals surface area contributed by atoms with Crippen LogP contribution in [0.25, 0.3) is 0 Å². The SMILES string of the molecule is COCCCOc1cc(CNC2CC2)cc(Cl)c1OC.Cl. The summed E-state index contributed by atoms with van der Waals surface area (Å²) in [5.41, 5.74) is 1.12. The van der Waals surface area contributed by atoms with Crippen LogP contribution in [0.3, 0.4) is 0 Å². The van der Waals surface area contributed by atoms with Crippen LogP contribution < -0.4 is 14.8 Å². The number of halogens is 2. The molecule has 120 valence electrons. The number of methoxy groups -OCH3 is 2. The second kappa shape index (κ2) is 9.36. The first-order valence-corrected chi connectivity index (χ1v) is 7.34. The van der Waals surface area contributed by atoms with E-state index in [4.69, 9.17) is 25.8 Å².